The number of Topliss-reactive ketones (excluding diaryl/α,β-unsaturated/α-hetero) is 1. The normalized spacial score (nSPS) is 14.9. The van der Waals surface area contributed by atoms with Crippen LogP contribution >= 0.6 is 0 Å². The number of aromatic hydroxyl groups is 1. The molecular formula is C12H14N2O3. The molecule has 0 radical (unpaired) electrons. The molecule has 0 aromatic heterocycles. The Hall–Kier alpha value is -2.04. The molecule has 1 fully saturated rings. The van der Waals surface area contributed by atoms with Gasteiger partial charge in [-0.25, -0.2) is 4.79 Å². The van der Waals surface area contributed by atoms with Crippen LogP contribution in [0.25, 0.3) is 0 Å². The zero-order chi connectivity index (χ0) is 12.4. The minimum Gasteiger partial charge on any atom is -0.507 e. The number of nitrogens with one attached hydrogen (secondary N) is 1. The molecule has 17 heavy (non-hydrogen) atoms. The third-order valence-corrected chi connectivity index (χ3v) is 2.76. The summed E-state index contributed by atoms with van der Waals surface area (Å²) in [5, 5.41) is 12.2. The van der Waals surface area contributed by atoms with Crippen LogP contribution in [-0.4, -0.2) is 34.9 Å². The first-order valence-electron chi connectivity index (χ1n) is 5.43. The lowest BCUT2D eigenvalue weighted by Crippen LogP contribution is -2.27. The van der Waals surface area contributed by atoms with Crippen molar-refractivity contribution in [2.75, 3.05) is 13.1 Å². The molecule has 90 valence electrons. The predicted molar refractivity (Wildman–Crippen MR) is 61.9 cm³/mol. The molecule has 0 saturated carbocycles. The van der Waals surface area contributed by atoms with Gasteiger partial charge in [-0.15, -0.1) is 0 Å². The molecule has 0 bridgehead atoms. The number of hydrogen-bond acceptors (Lipinski definition) is 3. The van der Waals surface area contributed by atoms with E-state index in [1.54, 1.807) is 17.0 Å². The van der Waals surface area contributed by atoms with Crippen LogP contribution in [0.1, 0.15) is 22.8 Å². The second kappa shape index (κ2) is 4.45. The monoisotopic (exact) mass is 234 g/mol. The first-order valence-corrected chi connectivity index (χ1v) is 5.43. The van der Waals surface area contributed by atoms with Crippen LogP contribution in [0.2, 0.25) is 0 Å². The number of phenolic OH excluding ortho intramolecular Hbond substituents is 1. The molecule has 5 nitrogen and oxygen atoms in total. The molecule has 1 aliphatic heterocycles. The van der Waals surface area contributed by atoms with Crippen LogP contribution in [0, 0.1) is 0 Å². The van der Waals surface area contributed by atoms with E-state index in [9.17, 15) is 14.7 Å². The summed E-state index contributed by atoms with van der Waals surface area (Å²) in [5.74, 6) is -0.206. The van der Waals surface area contributed by atoms with Crippen molar-refractivity contribution >= 4 is 11.8 Å². The number of ketones is 1. The van der Waals surface area contributed by atoms with Crippen LogP contribution in [0.4, 0.5) is 4.79 Å². The Labute approximate surface area is 99.0 Å². The predicted octanol–water partition coefficient (Wildman–Crippen LogP) is 1.12. The second-order valence-corrected chi connectivity index (χ2v) is 4.06. The van der Waals surface area contributed by atoms with E-state index in [1.165, 1.54) is 13.0 Å². The molecule has 1 aliphatic rings. The topological polar surface area (TPSA) is 69.6 Å². The fourth-order valence-electron chi connectivity index (χ4n) is 1.85. The average Bonchev–Trinajstić information content (AvgIpc) is 2.67. The number of carbonyl (C=O) groups is 2. The number of urea groups is 1. The van der Waals surface area contributed by atoms with Crippen LogP contribution in [0.15, 0.2) is 18.2 Å². The van der Waals surface area contributed by atoms with E-state index in [2.05, 4.69) is 5.32 Å². The largest absolute Gasteiger partial charge is 0.507 e. The van der Waals surface area contributed by atoms with Gasteiger partial charge >= 0.3 is 6.03 Å². The molecule has 5 heteroatoms. The van der Waals surface area contributed by atoms with Gasteiger partial charge in [-0.1, -0.05) is 6.07 Å². The molecular weight excluding hydrogens is 220 g/mol. The van der Waals surface area contributed by atoms with Gasteiger partial charge in [-0.05, 0) is 24.6 Å². The van der Waals surface area contributed by atoms with Crippen molar-refractivity contribution in [1.29, 1.82) is 0 Å². The zero-order valence-corrected chi connectivity index (χ0v) is 9.56. The van der Waals surface area contributed by atoms with Crippen molar-refractivity contribution in [3.8, 4) is 5.75 Å². The van der Waals surface area contributed by atoms with Crippen molar-refractivity contribution in [2.45, 2.75) is 13.5 Å². The number of benzene rings is 1. The van der Waals surface area contributed by atoms with Gasteiger partial charge in [0.25, 0.3) is 0 Å². The standard InChI is InChI=1S/C12H14N2O3/c1-8(15)10-6-9(2-3-11(10)16)7-14-5-4-13-12(14)17/h2-3,6,16H,4-5,7H2,1H3,(H,13,17). The summed E-state index contributed by atoms with van der Waals surface area (Å²) >= 11 is 0. The van der Waals surface area contributed by atoms with Gasteiger partial charge < -0.3 is 15.3 Å². The van der Waals surface area contributed by atoms with Crippen molar-refractivity contribution in [2.24, 2.45) is 0 Å². The summed E-state index contributed by atoms with van der Waals surface area (Å²) in [6.45, 7) is 3.17. The molecule has 0 unspecified atom stereocenters. The van der Waals surface area contributed by atoms with Crippen LogP contribution < -0.4 is 5.32 Å². The maximum Gasteiger partial charge on any atom is 0.317 e. The Kier molecular flexibility index (Phi) is 2.99. The van der Waals surface area contributed by atoms with E-state index < -0.39 is 0 Å². The molecule has 1 aromatic rings. The number of carbonyl (C=O) groups excluding carboxylic acids is 2. The van der Waals surface area contributed by atoms with E-state index in [4.69, 9.17) is 0 Å². The summed E-state index contributed by atoms with van der Waals surface area (Å²) in [5.41, 5.74) is 1.13. The SMILES string of the molecule is CC(=O)c1cc(CN2CCNC2=O)ccc1O. The number of nitrogens with zero attached hydrogens (tertiary/aromatic N) is 1. The first kappa shape index (κ1) is 11.4. The van der Waals surface area contributed by atoms with Crippen LogP contribution in [-0.2, 0) is 6.54 Å². The molecule has 2 N–H and O–H groups in total. The highest BCUT2D eigenvalue weighted by Crippen LogP contribution is 2.20. The molecule has 1 heterocycles. The highest BCUT2D eigenvalue weighted by atomic mass is 16.3. The molecule has 1 saturated heterocycles. The van der Waals surface area contributed by atoms with Crippen molar-refractivity contribution < 1.29 is 14.7 Å². The summed E-state index contributed by atoms with van der Waals surface area (Å²) in [4.78, 5) is 24.3. The Morgan fingerprint density at radius 1 is 1.53 bits per heavy atom. The first-order chi connectivity index (χ1) is 8.08. The number of phenols is 1. The van der Waals surface area contributed by atoms with E-state index in [0.717, 1.165) is 5.56 Å². The van der Waals surface area contributed by atoms with E-state index in [0.29, 0.717) is 25.2 Å². The summed E-state index contributed by atoms with van der Waals surface area (Å²) < 4.78 is 0. The quantitative estimate of drug-likeness (QED) is 0.770. The fraction of sp³-hybridized carbons (Fsp3) is 0.333. The average molecular weight is 234 g/mol. The van der Waals surface area contributed by atoms with Crippen molar-refractivity contribution in [3.63, 3.8) is 0 Å². The highest BCUT2D eigenvalue weighted by molar-refractivity contribution is 5.96. The van der Waals surface area contributed by atoms with Gasteiger partial charge in [-0.3, -0.25) is 4.79 Å². The Balaban J connectivity index is 2.19. The van der Waals surface area contributed by atoms with E-state index >= 15 is 0 Å². The summed E-state index contributed by atoms with van der Waals surface area (Å²) in [6, 6.07) is 4.74. The molecule has 0 spiro atoms. The molecule has 0 atom stereocenters. The van der Waals surface area contributed by atoms with Gasteiger partial charge in [0.1, 0.15) is 5.75 Å². The maximum absolute atomic E-state index is 11.4. The Morgan fingerprint density at radius 3 is 2.88 bits per heavy atom. The van der Waals surface area contributed by atoms with E-state index in [-0.39, 0.29) is 17.6 Å². The van der Waals surface area contributed by atoms with Gasteiger partial charge in [0.2, 0.25) is 0 Å². The second-order valence-electron chi connectivity index (χ2n) is 4.06. The van der Waals surface area contributed by atoms with Crippen LogP contribution in [0.3, 0.4) is 0 Å². The minimum absolute atomic E-state index is 0.0212. The molecule has 2 rings (SSSR count). The van der Waals surface area contributed by atoms with E-state index in [1.807, 2.05) is 0 Å². The summed E-state index contributed by atoms with van der Waals surface area (Å²) in [6.07, 6.45) is 0. The minimum atomic E-state index is -0.185. The highest BCUT2D eigenvalue weighted by Gasteiger charge is 2.19. The van der Waals surface area contributed by atoms with Gasteiger partial charge in [-0.2, -0.15) is 0 Å². The van der Waals surface area contributed by atoms with Gasteiger partial charge in [0, 0.05) is 19.6 Å². The van der Waals surface area contributed by atoms with Gasteiger partial charge in [0.05, 0.1) is 5.56 Å². The Bertz CT molecular complexity index is 471. The van der Waals surface area contributed by atoms with Crippen molar-refractivity contribution in [3.05, 3.63) is 29.3 Å². The number of hydrogen-bond donors (Lipinski definition) is 2. The molecule has 0 aliphatic carbocycles. The fourth-order valence-corrected chi connectivity index (χ4v) is 1.85. The number of rotatable bonds is 3. The maximum atomic E-state index is 11.4. The lowest BCUT2D eigenvalue weighted by atomic mass is 10.1. The third-order valence-electron chi connectivity index (χ3n) is 2.76. The lowest BCUT2D eigenvalue weighted by Gasteiger charge is -2.14. The third kappa shape index (κ3) is 2.38. The number of amides is 2. The zero-order valence-electron chi connectivity index (χ0n) is 9.56. The van der Waals surface area contributed by atoms with Crippen molar-refractivity contribution in [1.82, 2.24) is 10.2 Å². The smallest absolute Gasteiger partial charge is 0.317 e. The summed E-state index contributed by atoms with van der Waals surface area (Å²) in [7, 11) is 0. The van der Waals surface area contributed by atoms with Gasteiger partial charge in [0.15, 0.2) is 5.78 Å². The Morgan fingerprint density at radius 2 is 2.29 bits per heavy atom. The van der Waals surface area contributed by atoms with Crippen LogP contribution in [0.5, 0.6) is 5.75 Å². The molecule has 1 aromatic carbocycles. The molecule has 2 amide bonds. The lowest BCUT2D eigenvalue weighted by molar-refractivity contribution is 0.101.